The standard InChI is InChI=1S/C21H15F3N4O3S/c22-11-5-6-15(14(24)7-11)25-19(30)12-8-16(29)26-18-17(12)20(31)28-21(27-18)32-9-10-3-1-2-4-13(10)23/h1-7,12H,8-9H2,(H,25,30)(H2,26,27,28,29,31)/t12-/m1/s1. The van der Waals surface area contributed by atoms with Gasteiger partial charge in [-0.05, 0) is 23.8 Å². The lowest BCUT2D eigenvalue weighted by atomic mass is 9.92. The van der Waals surface area contributed by atoms with Crippen LogP contribution in [-0.4, -0.2) is 21.8 Å². The van der Waals surface area contributed by atoms with E-state index >= 15 is 0 Å². The Morgan fingerprint density at radius 1 is 1.12 bits per heavy atom. The fraction of sp³-hybridized carbons (Fsp3) is 0.143. The highest BCUT2D eigenvalue weighted by Crippen LogP contribution is 2.31. The Labute approximate surface area is 183 Å². The van der Waals surface area contributed by atoms with Crippen LogP contribution in [0.15, 0.2) is 52.4 Å². The Morgan fingerprint density at radius 2 is 1.91 bits per heavy atom. The second-order valence-corrected chi connectivity index (χ2v) is 7.90. The zero-order valence-corrected chi connectivity index (χ0v) is 17.1. The minimum absolute atomic E-state index is 0.0835. The van der Waals surface area contributed by atoms with Crippen LogP contribution in [0.25, 0.3) is 0 Å². The van der Waals surface area contributed by atoms with Gasteiger partial charge in [-0.2, -0.15) is 0 Å². The molecule has 0 aliphatic carbocycles. The van der Waals surface area contributed by atoms with E-state index in [1.165, 1.54) is 6.07 Å². The molecule has 0 fully saturated rings. The number of rotatable bonds is 5. The molecule has 0 bridgehead atoms. The van der Waals surface area contributed by atoms with Crippen molar-refractivity contribution in [3.63, 3.8) is 0 Å². The van der Waals surface area contributed by atoms with E-state index in [9.17, 15) is 27.6 Å². The van der Waals surface area contributed by atoms with E-state index in [1.54, 1.807) is 18.2 Å². The number of anilines is 2. The topological polar surface area (TPSA) is 104 Å². The van der Waals surface area contributed by atoms with Gasteiger partial charge in [-0.25, -0.2) is 18.2 Å². The van der Waals surface area contributed by atoms with E-state index in [0.29, 0.717) is 11.6 Å². The van der Waals surface area contributed by atoms with Gasteiger partial charge in [-0.1, -0.05) is 30.0 Å². The summed E-state index contributed by atoms with van der Waals surface area (Å²) in [6.45, 7) is 0. The van der Waals surface area contributed by atoms with Crippen LogP contribution in [0.4, 0.5) is 24.7 Å². The van der Waals surface area contributed by atoms with Gasteiger partial charge in [-0.3, -0.25) is 14.4 Å². The van der Waals surface area contributed by atoms with Crippen LogP contribution in [0.2, 0.25) is 0 Å². The molecule has 4 rings (SSSR count). The molecule has 1 atom stereocenters. The van der Waals surface area contributed by atoms with Crippen LogP contribution in [0.5, 0.6) is 0 Å². The van der Waals surface area contributed by atoms with Gasteiger partial charge in [0.2, 0.25) is 11.8 Å². The summed E-state index contributed by atoms with van der Waals surface area (Å²) < 4.78 is 40.8. The van der Waals surface area contributed by atoms with Crippen molar-refractivity contribution in [2.45, 2.75) is 23.2 Å². The normalized spacial score (nSPS) is 15.1. The van der Waals surface area contributed by atoms with Crippen molar-refractivity contribution in [2.75, 3.05) is 10.6 Å². The van der Waals surface area contributed by atoms with Crippen LogP contribution in [0, 0.1) is 17.5 Å². The number of aromatic nitrogens is 2. The number of halogens is 3. The molecule has 2 amide bonds. The van der Waals surface area contributed by atoms with Crippen LogP contribution in [0.3, 0.4) is 0 Å². The van der Waals surface area contributed by atoms with Crippen molar-refractivity contribution in [1.82, 2.24) is 9.97 Å². The van der Waals surface area contributed by atoms with Gasteiger partial charge in [0.05, 0.1) is 17.2 Å². The first-order chi connectivity index (χ1) is 15.3. The van der Waals surface area contributed by atoms with Crippen molar-refractivity contribution in [3.05, 3.63) is 81.4 Å². The summed E-state index contributed by atoms with van der Waals surface area (Å²) in [5.41, 5.74) is -0.628. The van der Waals surface area contributed by atoms with E-state index in [1.807, 2.05) is 0 Å². The van der Waals surface area contributed by atoms with Crippen LogP contribution >= 0.6 is 11.8 Å². The molecule has 2 aromatic carbocycles. The average Bonchev–Trinajstić information content (AvgIpc) is 2.74. The number of amides is 2. The van der Waals surface area contributed by atoms with Gasteiger partial charge in [0.25, 0.3) is 5.56 Å². The molecule has 2 heterocycles. The highest BCUT2D eigenvalue weighted by Gasteiger charge is 2.35. The van der Waals surface area contributed by atoms with Crippen molar-refractivity contribution in [1.29, 1.82) is 0 Å². The van der Waals surface area contributed by atoms with E-state index in [4.69, 9.17) is 0 Å². The third-order valence-electron chi connectivity index (χ3n) is 4.76. The van der Waals surface area contributed by atoms with Crippen molar-refractivity contribution >= 4 is 35.1 Å². The number of H-pyrrole nitrogens is 1. The summed E-state index contributed by atoms with van der Waals surface area (Å²) in [6, 6.07) is 8.74. The molecular weight excluding hydrogens is 445 g/mol. The molecule has 7 nitrogen and oxygen atoms in total. The number of carbonyl (C=O) groups excluding carboxylic acids is 2. The van der Waals surface area contributed by atoms with E-state index in [0.717, 1.165) is 23.9 Å². The fourth-order valence-corrected chi connectivity index (χ4v) is 4.06. The summed E-state index contributed by atoms with van der Waals surface area (Å²) in [6.07, 6.45) is -0.353. The van der Waals surface area contributed by atoms with Gasteiger partial charge < -0.3 is 15.6 Å². The third-order valence-corrected chi connectivity index (χ3v) is 5.68. The van der Waals surface area contributed by atoms with Crippen molar-refractivity contribution < 1.29 is 22.8 Å². The van der Waals surface area contributed by atoms with Crippen LogP contribution < -0.4 is 16.2 Å². The molecule has 1 aliphatic heterocycles. The molecule has 1 aliphatic rings. The van der Waals surface area contributed by atoms with E-state index in [-0.39, 0.29) is 34.4 Å². The lowest BCUT2D eigenvalue weighted by Crippen LogP contribution is -2.36. The Morgan fingerprint density at radius 3 is 2.66 bits per heavy atom. The molecular formula is C21H15F3N4O3S. The summed E-state index contributed by atoms with van der Waals surface area (Å²) in [4.78, 5) is 44.3. The molecule has 11 heteroatoms. The fourth-order valence-electron chi connectivity index (χ4n) is 3.22. The van der Waals surface area contributed by atoms with Crippen molar-refractivity contribution in [3.8, 4) is 0 Å². The Bertz CT molecular complexity index is 1280. The number of fused-ring (bicyclic) bond motifs is 1. The van der Waals surface area contributed by atoms with E-state index in [2.05, 4.69) is 20.6 Å². The van der Waals surface area contributed by atoms with Crippen LogP contribution in [0.1, 0.15) is 23.5 Å². The quantitative estimate of drug-likeness (QED) is 0.399. The molecule has 1 aromatic heterocycles. The largest absolute Gasteiger partial charge is 0.323 e. The SMILES string of the molecule is O=C1C[C@@H](C(=O)Nc2ccc(F)cc2F)c2c(nc(SCc3ccccc3F)[nH]c2=O)N1. The second-order valence-electron chi connectivity index (χ2n) is 6.93. The first kappa shape index (κ1) is 21.6. The molecule has 0 radical (unpaired) electrons. The predicted molar refractivity (Wildman–Crippen MR) is 112 cm³/mol. The number of hydrogen-bond acceptors (Lipinski definition) is 5. The van der Waals surface area contributed by atoms with Gasteiger partial charge >= 0.3 is 0 Å². The van der Waals surface area contributed by atoms with Gasteiger partial charge in [0.1, 0.15) is 23.3 Å². The Hall–Kier alpha value is -3.60. The predicted octanol–water partition coefficient (Wildman–Crippen LogP) is 3.54. The number of nitrogens with zero attached hydrogens (tertiary/aromatic N) is 1. The maximum atomic E-state index is 13.9. The molecule has 0 spiro atoms. The maximum Gasteiger partial charge on any atom is 0.257 e. The van der Waals surface area contributed by atoms with Crippen LogP contribution in [-0.2, 0) is 15.3 Å². The number of aromatic amines is 1. The molecule has 3 aromatic rings. The maximum absolute atomic E-state index is 13.9. The lowest BCUT2D eigenvalue weighted by molar-refractivity contribution is -0.123. The summed E-state index contributed by atoms with van der Waals surface area (Å²) >= 11 is 1.05. The van der Waals surface area contributed by atoms with E-state index < -0.39 is 40.7 Å². The number of benzene rings is 2. The minimum atomic E-state index is -1.23. The van der Waals surface area contributed by atoms with Crippen molar-refractivity contribution in [2.24, 2.45) is 0 Å². The summed E-state index contributed by atoms with van der Waals surface area (Å²) in [5, 5.41) is 4.86. The smallest absolute Gasteiger partial charge is 0.257 e. The first-order valence-corrected chi connectivity index (χ1v) is 10.4. The molecule has 3 N–H and O–H groups in total. The zero-order chi connectivity index (χ0) is 22.8. The second kappa shape index (κ2) is 8.87. The number of hydrogen-bond donors (Lipinski definition) is 3. The number of carbonyl (C=O) groups is 2. The minimum Gasteiger partial charge on any atom is -0.323 e. The highest BCUT2D eigenvalue weighted by atomic mass is 32.2. The van der Waals surface area contributed by atoms with Gasteiger partial charge in [0, 0.05) is 18.2 Å². The summed E-state index contributed by atoms with van der Waals surface area (Å²) in [7, 11) is 0. The monoisotopic (exact) mass is 460 g/mol. The molecule has 0 saturated heterocycles. The summed E-state index contributed by atoms with van der Waals surface area (Å²) in [5.74, 6) is -4.74. The lowest BCUT2D eigenvalue weighted by Gasteiger charge is -2.23. The number of thioether (sulfide) groups is 1. The van der Waals surface area contributed by atoms with Gasteiger partial charge in [-0.15, -0.1) is 0 Å². The Kier molecular flexibility index (Phi) is 5.99. The molecule has 0 saturated carbocycles. The molecule has 0 unspecified atom stereocenters. The average molecular weight is 460 g/mol. The first-order valence-electron chi connectivity index (χ1n) is 9.38. The highest BCUT2D eigenvalue weighted by molar-refractivity contribution is 7.98. The zero-order valence-electron chi connectivity index (χ0n) is 16.2. The number of nitrogens with one attached hydrogen (secondary N) is 3. The molecule has 32 heavy (non-hydrogen) atoms. The van der Waals surface area contributed by atoms with Gasteiger partial charge in [0.15, 0.2) is 5.16 Å². The third kappa shape index (κ3) is 4.52. The Balaban J connectivity index is 1.59. The molecule has 164 valence electrons.